The predicted molar refractivity (Wildman–Crippen MR) is 124 cm³/mol. The lowest BCUT2D eigenvalue weighted by Gasteiger charge is -2.31. The van der Waals surface area contributed by atoms with Gasteiger partial charge in [-0.05, 0) is 61.8 Å². The lowest BCUT2D eigenvalue weighted by molar-refractivity contribution is 0.0177. The van der Waals surface area contributed by atoms with Gasteiger partial charge in [-0.15, -0.1) is 0 Å². The molecule has 3 aliphatic rings. The summed E-state index contributed by atoms with van der Waals surface area (Å²) in [6.45, 7) is 3.44. The third kappa shape index (κ3) is 3.80. The van der Waals surface area contributed by atoms with Gasteiger partial charge in [-0.2, -0.15) is 0 Å². The third-order valence-corrected chi connectivity index (χ3v) is 7.13. The zero-order valence-electron chi connectivity index (χ0n) is 18.8. The lowest BCUT2D eigenvalue weighted by atomic mass is 10.0. The summed E-state index contributed by atoms with van der Waals surface area (Å²) in [4.78, 5) is 32.2. The van der Waals surface area contributed by atoms with E-state index in [0.717, 1.165) is 24.5 Å². The van der Waals surface area contributed by atoms with Gasteiger partial charge in [-0.25, -0.2) is 4.98 Å². The van der Waals surface area contributed by atoms with E-state index in [0.29, 0.717) is 31.0 Å². The molecular weight excluding hydrogens is 416 g/mol. The van der Waals surface area contributed by atoms with Gasteiger partial charge in [0, 0.05) is 25.8 Å². The van der Waals surface area contributed by atoms with Gasteiger partial charge in [-0.1, -0.05) is 24.3 Å². The second kappa shape index (κ2) is 7.99. The van der Waals surface area contributed by atoms with Crippen LogP contribution in [0.1, 0.15) is 65.0 Å². The standard InChI is InChI=1S/C26H28N4O3/c1-17-14-29(16-27-17)22-9-10-23-25(31)28(12-13-30(23)26(22)32)15-21-8-11-24(33-21)20-6-4-19(5-7-20)18-2-3-18/h4-7,9-10,14,16,18,21,24H,2-3,8,11-13,15H2,1H3/t21-,24+/m0/s1. The normalized spacial score (nSPS) is 22.6. The highest BCUT2D eigenvalue weighted by Gasteiger charge is 2.33. The Balaban J connectivity index is 1.13. The molecule has 2 atom stereocenters. The van der Waals surface area contributed by atoms with Crippen LogP contribution in [-0.4, -0.2) is 44.1 Å². The number of nitrogens with zero attached hydrogens (tertiary/aromatic N) is 4. The highest BCUT2D eigenvalue weighted by Crippen LogP contribution is 2.41. The number of hydrogen-bond acceptors (Lipinski definition) is 4. The second-order valence-electron chi connectivity index (χ2n) is 9.50. The number of carbonyl (C=O) groups is 1. The summed E-state index contributed by atoms with van der Waals surface area (Å²) in [5, 5.41) is 0. The Hall–Kier alpha value is -3.19. The minimum absolute atomic E-state index is 0.0218. The van der Waals surface area contributed by atoms with E-state index in [4.69, 9.17) is 4.74 Å². The molecule has 2 aliphatic heterocycles. The number of amides is 1. The molecule has 1 saturated carbocycles. The van der Waals surface area contributed by atoms with E-state index in [9.17, 15) is 9.59 Å². The Kier molecular flexibility index (Phi) is 4.94. The van der Waals surface area contributed by atoms with E-state index < -0.39 is 0 Å². The van der Waals surface area contributed by atoms with Gasteiger partial charge in [0.05, 0.1) is 24.2 Å². The predicted octanol–water partition coefficient (Wildman–Crippen LogP) is 3.60. The quantitative estimate of drug-likeness (QED) is 0.603. The topological polar surface area (TPSA) is 69.4 Å². The Morgan fingerprint density at radius 2 is 1.76 bits per heavy atom. The molecule has 0 radical (unpaired) electrons. The molecule has 0 N–H and O–H groups in total. The van der Waals surface area contributed by atoms with Crippen LogP contribution in [0.5, 0.6) is 0 Å². The second-order valence-corrected chi connectivity index (χ2v) is 9.50. The molecule has 1 amide bonds. The van der Waals surface area contributed by atoms with Crippen LogP contribution in [0.4, 0.5) is 0 Å². The number of aromatic nitrogens is 3. The summed E-state index contributed by atoms with van der Waals surface area (Å²) in [6, 6.07) is 12.4. The van der Waals surface area contributed by atoms with Crippen molar-refractivity contribution in [2.24, 2.45) is 0 Å². The van der Waals surface area contributed by atoms with Crippen molar-refractivity contribution in [3.63, 3.8) is 0 Å². The molecule has 0 spiro atoms. The van der Waals surface area contributed by atoms with Gasteiger partial charge in [-0.3, -0.25) is 9.59 Å². The monoisotopic (exact) mass is 444 g/mol. The van der Waals surface area contributed by atoms with Crippen LogP contribution in [0.3, 0.4) is 0 Å². The highest BCUT2D eigenvalue weighted by molar-refractivity contribution is 5.93. The van der Waals surface area contributed by atoms with Crippen LogP contribution in [-0.2, 0) is 11.3 Å². The molecule has 3 aromatic rings. The van der Waals surface area contributed by atoms with Gasteiger partial charge in [0.1, 0.15) is 11.4 Å². The Labute approximate surface area is 192 Å². The fraction of sp³-hybridized carbons (Fsp3) is 0.423. The Morgan fingerprint density at radius 1 is 0.970 bits per heavy atom. The maximum Gasteiger partial charge on any atom is 0.275 e. The molecule has 2 aromatic heterocycles. The molecule has 1 aliphatic carbocycles. The first-order chi connectivity index (χ1) is 16.1. The molecule has 170 valence electrons. The van der Waals surface area contributed by atoms with Crippen molar-refractivity contribution in [2.75, 3.05) is 13.1 Å². The zero-order valence-corrected chi connectivity index (χ0v) is 18.8. The van der Waals surface area contributed by atoms with Gasteiger partial charge in [0.15, 0.2) is 0 Å². The van der Waals surface area contributed by atoms with Gasteiger partial charge in [0.25, 0.3) is 11.5 Å². The van der Waals surface area contributed by atoms with Crippen LogP contribution in [0.2, 0.25) is 0 Å². The zero-order chi connectivity index (χ0) is 22.5. The fourth-order valence-corrected chi connectivity index (χ4v) is 5.11. The molecule has 2 fully saturated rings. The smallest absolute Gasteiger partial charge is 0.275 e. The van der Waals surface area contributed by atoms with Crippen molar-refractivity contribution in [2.45, 2.75) is 57.3 Å². The number of rotatable bonds is 5. The summed E-state index contributed by atoms with van der Waals surface area (Å²) in [6.07, 6.45) is 8.09. The molecule has 7 nitrogen and oxygen atoms in total. The Bertz CT molecular complexity index is 1260. The van der Waals surface area contributed by atoms with Crippen molar-refractivity contribution in [3.8, 4) is 5.69 Å². The molecule has 1 aromatic carbocycles. The van der Waals surface area contributed by atoms with Gasteiger partial charge < -0.3 is 18.8 Å². The average Bonchev–Trinajstić information content (AvgIpc) is 3.42. The maximum atomic E-state index is 13.2. The minimum atomic E-state index is -0.162. The first-order valence-electron chi connectivity index (χ1n) is 11.9. The van der Waals surface area contributed by atoms with Crippen molar-refractivity contribution in [1.29, 1.82) is 0 Å². The summed E-state index contributed by atoms with van der Waals surface area (Å²) < 4.78 is 9.63. The molecule has 1 saturated heterocycles. The van der Waals surface area contributed by atoms with Crippen LogP contribution < -0.4 is 5.56 Å². The fourth-order valence-electron chi connectivity index (χ4n) is 5.11. The summed E-state index contributed by atoms with van der Waals surface area (Å²) in [5.74, 6) is 0.657. The number of imidazole rings is 1. The lowest BCUT2D eigenvalue weighted by Crippen LogP contribution is -2.47. The number of ether oxygens (including phenoxy) is 1. The molecule has 0 bridgehead atoms. The largest absolute Gasteiger partial charge is 0.368 e. The van der Waals surface area contributed by atoms with Crippen LogP contribution >= 0.6 is 0 Å². The van der Waals surface area contributed by atoms with E-state index in [-0.39, 0.29) is 23.7 Å². The third-order valence-electron chi connectivity index (χ3n) is 7.13. The Morgan fingerprint density at radius 3 is 2.48 bits per heavy atom. The maximum absolute atomic E-state index is 13.2. The molecular formula is C26H28N4O3. The van der Waals surface area contributed by atoms with E-state index in [1.54, 1.807) is 27.6 Å². The number of aryl methyl sites for hydroxylation is 1. The molecule has 33 heavy (non-hydrogen) atoms. The van der Waals surface area contributed by atoms with Gasteiger partial charge in [0.2, 0.25) is 0 Å². The minimum Gasteiger partial charge on any atom is -0.368 e. The number of hydrogen-bond donors (Lipinski definition) is 0. The SMILES string of the molecule is Cc1cn(-c2ccc3n(c2=O)CCN(C[C@@H]2CC[C@H](c4ccc(C5CC5)cc4)O2)C3=O)cn1. The number of benzene rings is 1. The van der Waals surface area contributed by atoms with Crippen LogP contribution in [0, 0.1) is 6.92 Å². The summed E-state index contributed by atoms with van der Waals surface area (Å²) in [5.41, 5.74) is 4.30. The molecule has 0 unspecified atom stereocenters. The first kappa shape index (κ1) is 20.4. The summed E-state index contributed by atoms with van der Waals surface area (Å²) in [7, 11) is 0. The molecule has 7 heteroatoms. The van der Waals surface area contributed by atoms with Gasteiger partial charge >= 0.3 is 0 Å². The highest BCUT2D eigenvalue weighted by atomic mass is 16.5. The van der Waals surface area contributed by atoms with Crippen molar-refractivity contribution in [3.05, 3.63) is 81.8 Å². The molecule has 4 heterocycles. The van der Waals surface area contributed by atoms with Crippen molar-refractivity contribution in [1.82, 2.24) is 19.0 Å². The first-order valence-corrected chi connectivity index (χ1v) is 11.9. The van der Waals surface area contributed by atoms with Crippen LogP contribution in [0.15, 0.2) is 53.7 Å². The van der Waals surface area contributed by atoms with E-state index >= 15 is 0 Å². The van der Waals surface area contributed by atoms with E-state index in [1.165, 1.54) is 24.0 Å². The average molecular weight is 445 g/mol. The van der Waals surface area contributed by atoms with Crippen LogP contribution in [0.25, 0.3) is 5.69 Å². The number of carbonyl (C=O) groups excluding carboxylic acids is 1. The van der Waals surface area contributed by atoms with Crippen molar-refractivity contribution >= 4 is 5.91 Å². The van der Waals surface area contributed by atoms with Crippen molar-refractivity contribution < 1.29 is 9.53 Å². The molecule has 6 rings (SSSR count). The van der Waals surface area contributed by atoms with E-state index in [1.807, 2.05) is 18.0 Å². The number of fused-ring (bicyclic) bond motifs is 1. The summed E-state index contributed by atoms with van der Waals surface area (Å²) >= 11 is 0. The number of pyridine rings is 1. The van der Waals surface area contributed by atoms with E-state index in [2.05, 4.69) is 29.2 Å².